The maximum atomic E-state index is 12.1. The van der Waals surface area contributed by atoms with E-state index in [9.17, 15) is 15.0 Å². The predicted octanol–water partition coefficient (Wildman–Crippen LogP) is 3.93. The van der Waals surface area contributed by atoms with Crippen LogP contribution in [0.25, 0.3) is 0 Å². The summed E-state index contributed by atoms with van der Waals surface area (Å²) < 4.78 is 12.8. The van der Waals surface area contributed by atoms with Crippen LogP contribution >= 0.6 is 0 Å². The van der Waals surface area contributed by atoms with Gasteiger partial charge < -0.3 is 19.7 Å². The number of rotatable bonds is 6. The van der Waals surface area contributed by atoms with Crippen LogP contribution in [0.1, 0.15) is 53.4 Å². The fourth-order valence-electron chi connectivity index (χ4n) is 4.44. The van der Waals surface area contributed by atoms with E-state index in [0.717, 1.165) is 35.1 Å². The minimum atomic E-state index is -1.04. The molecule has 30 heavy (non-hydrogen) atoms. The molecule has 1 spiro atoms. The summed E-state index contributed by atoms with van der Waals surface area (Å²) in [5.74, 6) is -1.09. The second-order valence-electron chi connectivity index (χ2n) is 9.03. The average Bonchev–Trinajstić information content (AvgIpc) is 2.66. The van der Waals surface area contributed by atoms with E-state index in [0.29, 0.717) is 18.4 Å². The highest BCUT2D eigenvalue weighted by atomic mass is 16.7. The minimum absolute atomic E-state index is 0.0971. The van der Waals surface area contributed by atoms with Gasteiger partial charge in [0.2, 0.25) is 5.79 Å². The monoisotopic (exact) mass is 414 g/mol. The summed E-state index contributed by atoms with van der Waals surface area (Å²) in [6, 6.07) is 0. The van der Waals surface area contributed by atoms with Crippen LogP contribution in [0.5, 0.6) is 0 Å². The topological polar surface area (TPSA) is 76.0 Å². The molecule has 0 saturated carbocycles. The molecule has 1 aliphatic carbocycles. The predicted molar refractivity (Wildman–Crippen MR) is 117 cm³/mol. The van der Waals surface area contributed by atoms with Crippen LogP contribution in [0.4, 0.5) is 0 Å². The zero-order valence-electron chi connectivity index (χ0n) is 18.5. The van der Waals surface area contributed by atoms with Gasteiger partial charge in [0.15, 0.2) is 5.78 Å². The van der Waals surface area contributed by atoms with Gasteiger partial charge in [0.05, 0.1) is 24.9 Å². The van der Waals surface area contributed by atoms with Gasteiger partial charge in [-0.05, 0) is 76.3 Å². The lowest BCUT2D eigenvalue weighted by Crippen LogP contribution is -2.49. The zero-order chi connectivity index (χ0) is 22.1. The molecule has 3 unspecified atom stereocenters. The molecule has 3 rings (SSSR count). The molecule has 5 atom stereocenters. The van der Waals surface area contributed by atoms with Gasteiger partial charge in [-0.3, -0.25) is 4.79 Å². The zero-order valence-corrected chi connectivity index (χ0v) is 18.5. The first-order valence-corrected chi connectivity index (χ1v) is 10.7. The summed E-state index contributed by atoms with van der Waals surface area (Å²) in [6.07, 6.45) is 9.32. The van der Waals surface area contributed by atoms with E-state index < -0.39 is 11.9 Å². The lowest BCUT2D eigenvalue weighted by Gasteiger charge is -2.45. The number of Topliss-reactive ketones (excluding diaryl/α,β-unsaturated/α-hetero) is 1. The molecule has 0 aromatic carbocycles. The number of carbonyl (C=O) groups excluding carboxylic acids is 1. The van der Waals surface area contributed by atoms with Crippen LogP contribution in [-0.2, 0) is 14.3 Å². The summed E-state index contributed by atoms with van der Waals surface area (Å²) in [5, 5.41) is 19.9. The van der Waals surface area contributed by atoms with Crippen molar-refractivity contribution < 1.29 is 24.5 Å². The number of ether oxygens (including phenoxy) is 2. The Labute approximate surface area is 179 Å². The number of ketones is 1. The van der Waals surface area contributed by atoms with Crippen molar-refractivity contribution in [1.82, 2.24) is 0 Å². The van der Waals surface area contributed by atoms with Crippen LogP contribution < -0.4 is 0 Å². The second kappa shape index (κ2) is 9.15. The van der Waals surface area contributed by atoms with Crippen LogP contribution in [-0.4, -0.2) is 46.7 Å². The molecular formula is C25H34O5. The van der Waals surface area contributed by atoms with Crippen LogP contribution in [0.15, 0.2) is 58.7 Å². The lowest BCUT2D eigenvalue weighted by molar-refractivity contribution is -0.224. The molecule has 2 aliphatic heterocycles. The Morgan fingerprint density at radius 2 is 2.03 bits per heavy atom. The Bertz CT molecular complexity index is 830. The van der Waals surface area contributed by atoms with Gasteiger partial charge in [0.25, 0.3) is 0 Å². The van der Waals surface area contributed by atoms with Crippen molar-refractivity contribution in [2.24, 2.45) is 5.92 Å². The van der Waals surface area contributed by atoms with E-state index in [2.05, 4.69) is 19.6 Å². The first kappa shape index (κ1) is 22.9. The van der Waals surface area contributed by atoms with E-state index >= 15 is 0 Å². The van der Waals surface area contributed by atoms with E-state index in [1.807, 2.05) is 39.0 Å². The molecule has 0 bridgehead atoms. The van der Waals surface area contributed by atoms with Crippen molar-refractivity contribution in [3.8, 4) is 0 Å². The first-order valence-electron chi connectivity index (χ1n) is 10.7. The van der Waals surface area contributed by atoms with Crippen molar-refractivity contribution in [3.63, 3.8) is 0 Å². The van der Waals surface area contributed by atoms with Crippen molar-refractivity contribution >= 4 is 5.78 Å². The Balaban J connectivity index is 1.81. The molecule has 2 N–H and O–H groups in total. The highest BCUT2D eigenvalue weighted by molar-refractivity contribution is 5.96. The third kappa shape index (κ3) is 5.09. The van der Waals surface area contributed by atoms with E-state index in [4.69, 9.17) is 9.47 Å². The Hall–Kier alpha value is -1.79. The summed E-state index contributed by atoms with van der Waals surface area (Å²) >= 11 is 0. The van der Waals surface area contributed by atoms with Crippen LogP contribution in [0, 0.1) is 5.92 Å². The van der Waals surface area contributed by atoms with Gasteiger partial charge >= 0.3 is 0 Å². The normalized spacial score (nSPS) is 32.9. The Morgan fingerprint density at radius 3 is 2.70 bits per heavy atom. The van der Waals surface area contributed by atoms with Gasteiger partial charge in [-0.15, -0.1) is 0 Å². The number of aliphatic hydroxyl groups is 2. The molecule has 5 heteroatoms. The van der Waals surface area contributed by atoms with Crippen LogP contribution in [0.3, 0.4) is 0 Å². The molecule has 0 amide bonds. The van der Waals surface area contributed by atoms with Crippen LogP contribution in [0.2, 0.25) is 0 Å². The maximum Gasteiger partial charge on any atom is 0.209 e. The molecule has 3 aliphatic rings. The lowest BCUT2D eigenvalue weighted by atomic mass is 9.79. The Morgan fingerprint density at radius 1 is 1.30 bits per heavy atom. The van der Waals surface area contributed by atoms with Crippen molar-refractivity contribution in [1.29, 1.82) is 0 Å². The summed E-state index contributed by atoms with van der Waals surface area (Å²) in [6.45, 7) is 11.4. The highest BCUT2D eigenvalue weighted by Crippen LogP contribution is 2.42. The third-order valence-electron chi connectivity index (χ3n) is 6.18. The van der Waals surface area contributed by atoms with E-state index in [1.54, 1.807) is 0 Å². The van der Waals surface area contributed by atoms with Gasteiger partial charge in [-0.25, -0.2) is 0 Å². The summed E-state index contributed by atoms with van der Waals surface area (Å²) in [7, 11) is 0. The Kier molecular flexibility index (Phi) is 6.98. The van der Waals surface area contributed by atoms with Gasteiger partial charge in [-0.1, -0.05) is 29.4 Å². The molecule has 164 valence electrons. The molecule has 5 nitrogen and oxygen atoms in total. The fourth-order valence-corrected chi connectivity index (χ4v) is 4.44. The van der Waals surface area contributed by atoms with E-state index in [-0.39, 0.29) is 30.5 Å². The minimum Gasteiger partial charge on any atom is -0.392 e. The number of aliphatic hydroxyl groups excluding tert-OH is 2. The fraction of sp³-hybridized carbons (Fsp3) is 0.560. The smallest absolute Gasteiger partial charge is 0.209 e. The van der Waals surface area contributed by atoms with Crippen molar-refractivity contribution in [2.75, 3.05) is 6.61 Å². The van der Waals surface area contributed by atoms with Crippen molar-refractivity contribution in [2.45, 2.75) is 77.5 Å². The second-order valence-corrected chi connectivity index (χ2v) is 9.03. The number of hydrogen-bond acceptors (Lipinski definition) is 5. The molecule has 0 radical (unpaired) electrons. The van der Waals surface area contributed by atoms with E-state index in [1.165, 1.54) is 0 Å². The number of carbonyl (C=O) groups is 1. The SMILES string of the molecule is C=C(C)C(O)CC/C(C)=C/[C@H]1CC(C)=C[C@@]2(C=C(CO)C3CC(=O)C(C)=CC3O2)O1. The molecule has 0 fully saturated rings. The third-order valence-corrected chi connectivity index (χ3v) is 6.18. The summed E-state index contributed by atoms with van der Waals surface area (Å²) in [4.78, 5) is 12.1. The first-order chi connectivity index (χ1) is 14.1. The maximum absolute atomic E-state index is 12.1. The van der Waals surface area contributed by atoms with Gasteiger partial charge in [0, 0.05) is 12.3 Å². The van der Waals surface area contributed by atoms with Gasteiger partial charge in [-0.2, -0.15) is 0 Å². The molecule has 0 aromatic heterocycles. The average molecular weight is 415 g/mol. The van der Waals surface area contributed by atoms with Crippen molar-refractivity contribution in [3.05, 3.63) is 58.7 Å². The summed E-state index contributed by atoms with van der Waals surface area (Å²) in [5.41, 5.74) is 4.56. The quantitative estimate of drug-likeness (QED) is 0.644. The van der Waals surface area contributed by atoms with Gasteiger partial charge in [0.1, 0.15) is 0 Å². The molecule has 2 heterocycles. The standard InChI is InChI=1S/C25H34O5/c1-15(2)22(27)7-6-16(3)8-20-9-17(4)12-25(29-20)13-19(14-26)21-11-23(28)18(5)10-24(21)30-25/h8,10,12-13,20-22,24,26-27H,1,6-7,9,11,14H2,2-5H3/b16-8+/t20-,21?,22?,24?,25+/m0/s1. The number of allylic oxidation sites excluding steroid dienone is 2. The number of fused-ring (bicyclic) bond motifs is 1. The number of hydrogen-bond donors (Lipinski definition) is 2. The molecule has 0 saturated heterocycles. The molecule has 0 aromatic rings. The highest BCUT2D eigenvalue weighted by Gasteiger charge is 2.45. The molecular weight excluding hydrogens is 380 g/mol. The largest absolute Gasteiger partial charge is 0.392 e.